The summed E-state index contributed by atoms with van der Waals surface area (Å²) in [5.41, 5.74) is 5.15. The number of carbonyl (C=O) groups is 4. The Labute approximate surface area is 216 Å². The van der Waals surface area contributed by atoms with Crippen molar-refractivity contribution in [1.82, 2.24) is 4.90 Å². The number of hydrogen-bond acceptors (Lipinski definition) is 4. The third-order valence-electron chi connectivity index (χ3n) is 7.44. The third kappa shape index (κ3) is 6.34. The molecule has 0 saturated heterocycles. The second-order valence-electron chi connectivity index (χ2n) is 9.94. The van der Waals surface area contributed by atoms with Gasteiger partial charge in [-0.3, -0.25) is 19.2 Å². The lowest BCUT2D eigenvalue weighted by molar-refractivity contribution is -0.143. The minimum absolute atomic E-state index is 0.106. The van der Waals surface area contributed by atoms with Crippen molar-refractivity contribution in [3.63, 3.8) is 0 Å². The van der Waals surface area contributed by atoms with Crippen molar-refractivity contribution in [2.24, 2.45) is 0 Å². The molecular weight excluding hydrogens is 470 g/mol. The standard InChI is InChI=1S/C30H33NO6/c32-27(18-25(30(36)37)20-10-4-3-5-11-20)26-17-24-22(16-21-12-8-9-13-23(21)24)19-31(26)28(33)14-6-1-2-7-15-29(34)35/h3-5,8-13,25-26H,1-2,6-7,14-19H2,(H,34,35)(H,36,37)/t25-,26+/m0/s1. The van der Waals surface area contributed by atoms with Crippen LogP contribution in [0.3, 0.4) is 0 Å². The predicted octanol–water partition coefficient (Wildman–Crippen LogP) is 4.85. The maximum atomic E-state index is 13.6. The molecule has 37 heavy (non-hydrogen) atoms. The van der Waals surface area contributed by atoms with Crippen molar-refractivity contribution in [3.8, 4) is 0 Å². The molecule has 194 valence electrons. The fourth-order valence-corrected chi connectivity index (χ4v) is 5.49. The van der Waals surface area contributed by atoms with Crippen LogP contribution in [0.15, 0.2) is 60.2 Å². The van der Waals surface area contributed by atoms with Crippen molar-refractivity contribution in [1.29, 1.82) is 0 Å². The van der Waals surface area contributed by atoms with Crippen LogP contribution in [0.5, 0.6) is 0 Å². The number of unbranched alkanes of at least 4 members (excludes halogenated alkanes) is 3. The van der Waals surface area contributed by atoms with E-state index in [1.807, 2.05) is 12.1 Å². The van der Waals surface area contributed by atoms with E-state index >= 15 is 0 Å². The fourth-order valence-electron chi connectivity index (χ4n) is 5.49. The van der Waals surface area contributed by atoms with Crippen LogP contribution in [0.1, 0.15) is 74.0 Å². The molecule has 2 aliphatic rings. The molecule has 7 nitrogen and oxygen atoms in total. The zero-order valence-corrected chi connectivity index (χ0v) is 20.9. The smallest absolute Gasteiger partial charge is 0.311 e. The largest absolute Gasteiger partial charge is 0.481 e. The normalized spacial score (nSPS) is 17.2. The number of ketones is 1. The van der Waals surface area contributed by atoms with Crippen LogP contribution in [0.25, 0.3) is 5.57 Å². The first-order valence-corrected chi connectivity index (χ1v) is 13.0. The Kier molecular flexibility index (Phi) is 8.54. The van der Waals surface area contributed by atoms with E-state index in [0.717, 1.165) is 36.0 Å². The molecule has 7 heteroatoms. The summed E-state index contributed by atoms with van der Waals surface area (Å²) in [5, 5.41) is 18.7. The summed E-state index contributed by atoms with van der Waals surface area (Å²) in [6.07, 6.45) is 4.09. The molecule has 2 aromatic rings. The Hall–Kier alpha value is -3.74. The third-order valence-corrected chi connectivity index (χ3v) is 7.44. The number of rotatable bonds is 12. The summed E-state index contributed by atoms with van der Waals surface area (Å²) in [4.78, 5) is 51.4. The maximum Gasteiger partial charge on any atom is 0.311 e. The Morgan fingerprint density at radius 3 is 2.24 bits per heavy atom. The molecule has 1 aliphatic carbocycles. The van der Waals surface area contributed by atoms with Crippen LogP contribution in [-0.4, -0.2) is 51.3 Å². The van der Waals surface area contributed by atoms with E-state index in [9.17, 15) is 24.3 Å². The van der Waals surface area contributed by atoms with Crippen LogP contribution in [-0.2, 0) is 25.6 Å². The predicted molar refractivity (Wildman–Crippen MR) is 139 cm³/mol. The molecule has 1 aliphatic heterocycles. The number of hydrogen-bond donors (Lipinski definition) is 2. The first-order chi connectivity index (χ1) is 17.8. The van der Waals surface area contributed by atoms with Gasteiger partial charge in [0, 0.05) is 32.2 Å². The molecule has 4 rings (SSSR count). The number of carboxylic acid groups (broad SMARTS) is 2. The highest BCUT2D eigenvalue weighted by atomic mass is 16.4. The highest BCUT2D eigenvalue weighted by Gasteiger charge is 2.39. The van der Waals surface area contributed by atoms with Gasteiger partial charge in [0.1, 0.15) is 0 Å². The Morgan fingerprint density at radius 2 is 1.54 bits per heavy atom. The van der Waals surface area contributed by atoms with E-state index in [4.69, 9.17) is 5.11 Å². The molecule has 2 aromatic carbocycles. The lowest BCUT2D eigenvalue weighted by atomic mass is 9.85. The molecule has 2 atom stereocenters. The van der Waals surface area contributed by atoms with Gasteiger partial charge in [0.15, 0.2) is 5.78 Å². The van der Waals surface area contributed by atoms with E-state index in [1.165, 1.54) is 5.56 Å². The summed E-state index contributed by atoms with van der Waals surface area (Å²) in [5.74, 6) is -3.18. The summed E-state index contributed by atoms with van der Waals surface area (Å²) in [6, 6.07) is 16.1. The summed E-state index contributed by atoms with van der Waals surface area (Å²) >= 11 is 0. The summed E-state index contributed by atoms with van der Waals surface area (Å²) in [7, 11) is 0. The van der Waals surface area contributed by atoms with Crippen LogP contribution >= 0.6 is 0 Å². The van der Waals surface area contributed by atoms with Crippen LogP contribution < -0.4 is 0 Å². The van der Waals surface area contributed by atoms with Gasteiger partial charge in [-0.2, -0.15) is 0 Å². The van der Waals surface area contributed by atoms with Crippen molar-refractivity contribution in [3.05, 3.63) is 76.9 Å². The molecule has 0 bridgehead atoms. The van der Waals surface area contributed by atoms with Gasteiger partial charge in [0.25, 0.3) is 0 Å². The average Bonchev–Trinajstić information content (AvgIpc) is 3.26. The maximum absolute atomic E-state index is 13.6. The number of benzene rings is 2. The van der Waals surface area contributed by atoms with Gasteiger partial charge < -0.3 is 15.1 Å². The average molecular weight is 504 g/mol. The first kappa shape index (κ1) is 26.3. The monoisotopic (exact) mass is 503 g/mol. The van der Waals surface area contributed by atoms with E-state index in [0.29, 0.717) is 31.4 Å². The molecule has 0 spiro atoms. The van der Waals surface area contributed by atoms with Gasteiger partial charge >= 0.3 is 11.9 Å². The minimum atomic E-state index is -1.05. The van der Waals surface area contributed by atoms with E-state index in [-0.39, 0.29) is 31.0 Å². The zero-order valence-electron chi connectivity index (χ0n) is 20.9. The molecule has 1 heterocycles. The highest BCUT2D eigenvalue weighted by Crippen LogP contribution is 2.41. The quantitative estimate of drug-likeness (QED) is 0.401. The summed E-state index contributed by atoms with van der Waals surface area (Å²) in [6.45, 7) is 0.376. The van der Waals surface area contributed by atoms with Gasteiger partial charge in [-0.1, -0.05) is 67.4 Å². The number of carbonyl (C=O) groups excluding carboxylic acids is 2. The number of aliphatic carboxylic acids is 2. The highest BCUT2D eigenvalue weighted by molar-refractivity contribution is 5.96. The molecule has 0 aromatic heterocycles. The zero-order chi connectivity index (χ0) is 26.4. The molecule has 2 N–H and O–H groups in total. The molecule has 0 saturated carbocycles. The Morgan fingerprint density at radius 1 is 0.865 bits per heavy atom. The lowest BCUT2D eigenvalue weighted by Crippen LogP contribution is -2.48. The molecule has 0 unspecified atom stereocenters. The molecular formula is C30H33NO6. The number of amides is 1. The number of Topliss-reactive ketones (excluding diaryl/α,β-unsaturated/α-hetero) is 1. The Balaban J connectivity index is 1.50. The van der Waals surface area contributed by atoms with Gasteiger partial charge in [-0.05, 0) is 47.1 Å². The van der Waals surface area contributed by atoms with Crippen LogP contribution in [0.2, 0.25) is 0 Å². The lowest BCUT2D eigenvalue weighted by Gasteiger charge is -2.36. The fraction of sp³-hybridized carbons (Fsp3) is 0.400. The SMILES string of the molecule is O=C(O)CCCCCCC(=O)N1CC2=C(C[C@@H]1C(=O)C[C@H](C(=O)O)c1ccccc1)c1ccccc1C2. The van der Waals surface area contributed by atoms with Crippen LogP contribution in [0.4, 0.5) is 0 Å². The number of carboxylic acids is 2. The van der Waals surface area contributed by atoms with Gasteiger partial charge in [0.05, 0.1) is 12.0 Å². The number of fused-ring (bicyclic) bond motifs is 2. The second kappa shape index (κ2) is 12.0. The van der Waals surface area contributed by atoms with E-state index in [1.54, 1.807) is 35.2 Å². The minimum Gasteiger partial charge on any atom is -0.481 e. The molecule has 0 radical (unpaired) electrons. The van der Waals surface area contributed by atoms with Gasteiger partial charge in [-0.25, -0.2) is 0 Å². The molecule has 0 fully saturated rings. The number of nitrogens with zero attached hydrogens (tertiary/aromatic N) is 1. The van der Waals surface area contributed by atoms with E-state index < -0.39 is 23.9 Å². The van der Waals surface area contributed by atoms with E-state index in [2.05, 4.69) is 12.1 Å². The first-order valence-electron chi connectivity index (χ1n) is 13.0. The topological polar surface area (TPSA) is 112 Å². The van der Waals surface area contributed by atoms with Crippen molar-refractivity contribution < 1.29 is 29.4 Å². The van der Waals surface area contributed by atoms with Crippen LogP contribution in [0, 0.1) is 0 Å². The van der Waals surface area contributed by atoms with Gasteiger partial charge in [0.2, 0.25) is 5.91 Å². The second-order valence-corrected chi connectivity index (χ2v) is 9.94. The molecule has 1 amide bonds. The van der Waals surface area contributed by atoms with Crippen molar-refractivity contribution >= 4 is 29.2 Å². The van der Waals surface area contributed by atoms with Gasteiger partial charge in [-0.15, -0.1) is 0 Å². The Bertz CT molecular complexity index is 1200. The van der Waals surface area contributed by atoms with Crippen molar-refractivity contribution in [2.45, 2.75) is 69.7 Å². The summed E-state index contributed by atoms with van der Waals surface area (Å²) < 4.78 is 0. The van der Waals surface area contributed by atoms with Crippen molar-refractivity contribution in [2.75, 3.05) is 6.54 Å².